The van der Waals surface area contributed by atoms with Gasteiger partial charge in [-0.05, 0) is 48.9 Å². The van der Waals surface area contributed by atoms with Crippen LogP contribution in [0, 0.1) is 5.82 Å². The van der Waals surface area contributed by atoms with Crippen molar-refractivity contribution in [3.05, 3.63) is 59.9 Å². The summed E-state index contributed by atoms with van der Waals surface area (Å²) in [6.07, 6.45) is -3.66. The number of nitrogens with one attached hydrogen (secondary N) is 1. The van der Waals surface area contributed by atoms with Crippen molar-refractivity contribution in [3.8, 4) is 0 Å². The first-order chi connectivity index (χ1) is 12.9. The largest absolute Gasteiger partial charge is 0.416 e. The third-order valence-corrected chi connectivity index (χ3v) is 5.05. The molecule has 0 fully saturated rings. The van der Waals surface area contributed by atoms with E-state index in [2.05, 4.69) is 5.32 Å². The highest BCUT2D eigenvalue weighted by Gasteiger charge is 2.33. The molecule has 152 valence electrons. The number of hydrogen-bond donors (Lipinski definition) is 1. The van der Waals surface area contributed by atoms with E-state index in [-0.39, 0.29) is 17.8 Å². The summed E-state index contributed by atoms with van der Waals surface area (Å²) in [6, 6.07) is 7.27. The zero-order chi connectivity index (χ0) is 21.1. The number of carbonyl (C=O) groups excluding carboxylic acids is 1. The Kier molecular flexibility index (Phi) is 6.33. The Morgan fingerprint density at radius 3 is 2.25 bits per heavy atom. The van der Waals surface area contributed by atoms with Crippen LogP contribution < -0.4 is 9.62 Å². The molecule has 2 rings (SSSR count). The van der Waals surface area contributed by atoms with Gasteiger partial charge >= 0.3 is 6.18 Å². The number of nitrogens with zero attached hydrogens (tertiary/aromatic N) is 1. The Labute approximate surface area is 160 Å². The minimum atomic E-state index is -4.59. The van der Waals surface area contributed by atoms with Crippen molar-refractivity contribution in [2.45, 2.75) is 25.6 Å². The molecule has 0 aliphatic heterocycles. The molecule has 0 unspecified atom stereocenters. The SMILES string of the molecule is CC[C@H](C(=O)Nc1cccc(C(F)(F)F)c1)N(c1ccc(F)cc1)S(C)(=O)=O. The first-order valence-electron chi connectivity index (χ1n) is 8.16. The topological polar surface area (TPSA) is 66.5 Å². The smallest absolute Gasteiger partial charge is 0.324 e. The van der Waals surface area contributed by atoms with Crippen LogP contribution in [0.5, 0.6) is 0 Å². The van der Waals surface area contributed by atoms with Gasteiger partial charge in [0, 0.05) is 5.69 Å². The van der Waals surface area contributed by atoms with Crippen LogP contribution in [0.15, 0.2) is 48.5 Å². The molecule has 0 radical (unpaired) electrons. The van der Waals surface area contributed by atoms with Crippen molar-refractivity contribution < 1.29 is 30.8 Å². The van der Waals surface area contributed by atoms with Crippen molar-refractivity contribution in [1.82, 2.24) is 0 Å². The lowest BCUT2D eigenvalue weighted by Gasteiger charge is -2.30. The summed E-state index contributed by atoms with van der Waals surface area (Å²) in [6.45, 7) is 1.55. The second-order valence-corrected chi connectivity index (χ2v) is 7.89. The highest BCUT2D eigenvalue weighted by molar-refractivity contribution is 7.92. The summed E-state index contributed by atoms with van der Waals surface area (Å²) in [5.74, 6) is -1.39. The molecule has 0 aromatic heterocycles. The predicted octanol–water partition coefficient (Wildman–Crippen LogP) is 4.03. The van der Waals surface area contributed by atoms with Crippen LogP contribution >= 0.6 is 0 Å². The van der Waals surface area contributed by atoms with E-state index in [1.54, 1.807) is 6.92 Å². The minimum absolute atomic E-state index is 0.0369. The number of benzene rings is 2. The van der Waals surface area contributed by atoms with Gasteiger partial charge in [-0.25, -0.2) is 12.8 Å². The van der Waals surface area contributed by atoms with Gasteiger partial charge in [0.1, 0.15) is 11.9 Å². The number of alkyl halides is 3. The molecule has 5 nitrogen and oxygen atoms in total. The van der Waals surface area contributed by atoms with E-state index in [9.17, 15) is 30.8 Å². The van der Waals surface area contributed by atoms with Crippen LogP contribution in [0.3, 0.4) is 0 Å². The summed E-state index contributed by atoms with van der Waals surface area (Å²) in [4.78, 5) is 12.7. The van der Waals surface area contributed by atoms with Crippen LogP contribution in [0.4, 0.5) is 28.9 Å². The van der Waals surface area contributed by atoms with Gasteiger partial charge in [-0.1, -0.05) is 13.0 Å². The number of rotatable bonds is 6. The van der Waals surface area contributed by atoms with Crippen LogP contribution in [0.1, 0.15) is 18.9 Å². The van der Waals surface area contributed by atoms with Gasteiger partial charge in [0.25, 0.3) is 0 Å². The summed E-state index contributed by atoms with van der Waals surface area (Å²) in [7, 11) is -3.94. The number of amides is 1. The lowest BCUT2D eigenvalue weighted by Crippen LogP contribution is -2.47. The Morgan fingerprint density at radius 1 is 1.14 bits per heavy atom. The van der Waals surface area contributed by atoms with Crippen molar-refractivity contribution in [2.24, 2.45) is 0 Å². The number of halogens is 4. The van der Waals surface area contributed by atoms with Crippen LogP contribution in [-0.4, -0.2) is 26.6 Å². The molecule has 0 saturated carbocycles. The Balaban J connectivity index is 2.36. The van der Waals surface area contributed by atoms with Crippen molar-refractivity contribution in [3.63, 3.8) is 0 Å². The van der Waals surface area contributed by atoms with Crippen LogP contribution in [0.2, 0.25) is 0 Å². The molecular weight excluding hydrogens is 400 g/mol. The highest BCUT2D eigenvalue weighted by atomic mass is 32.2. The Hall–Kier alpha value is -2.62. The molecule has 1 amide bonds. The molecular formula is C18H18F4N2O3S. The molecule has 0 saturated heterocycles. The average molecular weight is 418 g/mol. The molecule has 28 heavy (non-hydrogen) atoms. The lowest BCUT2D eigenvalue weighted by molar-refractivity contribution is -0.137. The number of anilines is 2. The summed E-state index contributed by atoms with van der Waals surface area (Å²) < 4.78 is 77.0. The first-order valence-corrected chi connectivity index (χ1v) is 10.0. The van der Waals surface area contributed by atoms with Crippen LogP contribution in [-0.2, 0) is 21.0 Å². The van der Waals surface area contributed by atoms with Gasteiger partial charge in [-0.15, -0.1) is 0 Å². The normalized spacial score (nSPS) is 13.1. The van der Waals surface area contributed by atoms with Gasteiger partial charge in [-0.3, -0.25) is 9.10 Å². The summed E-state index contributed by atoms with van der Waals surface area (Å²) in [5, 5.41) is 2.32. The molecule has 1 N–H and O–H groups in total. The van der Waals surface area contributed by atoms with Crippen molar-refractivity contribution in [2.75, 3.05) is 15.9 Å². The van der Waals surface area contributed by atoms with E-state index in [0.717, 1.165) is 40.9 Å². The van der Waals surface area contributed by atoms with E-state index in [1.165, 1.54) is 18.2 Å². The first kappa shape index (κ1) is 21.7. The second kappa shape index (κ2) is 8.17. The quantitative estimate of drug-likeness (QED) is 0.721. The van der Waals surface area contributed by atoms with Crippen LogP contribution in [0.25, 0.3) is 0 Å². The molecule has 1 atom stereocenters. The van der Waals surface area contributed by atoms with Crippen molar-refractivity contribution in [1.29, 1.82) is 0 Å². The molecule has 0 spiro atoms. The number of carbonyl (C=O) groups is 1. The monoisotopic (exact) mass is 418 g/mol. The molecule has 0 aliphatic carbocycles. The fourth-order valence-electron chi connectivity index (χ4n) is 2.65. The lowest BCUT2D eigenvalue weighted by atomic mass is 10.1. The van der Waals surface area contributed by atoms with E-state index >= 15 is 0 Å². The second-order valence-electron chi connectivity index (χ2n) is 6.03. The zero-order valence-electron chi connectivity index (χ0n) is 15.0. The van der Waals surface area contributed by atoms with E-state index in [0.29, 0.717) is 0 Å². The Morgan fingerprint density at radius 2 is 1.75 bits per heavy atom. The molecule has 10 heteroatoms. The van der Waals surface area contributed by atoms with Gasteiger partial charge in [0.15, 0.2) is 0 Å². The standard InChI is InChI=1S/C18H18F4N2O3S/c1-3-16(24(28(2,26)27)15-9-7-13(19)8-10-15)17(25)23-14-6-4-5-12(11-14)18(20,21)22/h4-11,16H,3H2,1-2H3,(H,23,25)/t16-/m1/s1. The van der Waals surface area contributed by atoms with Gasteiger partial charge in [0.2, 0.25) is 15.9 Å². The fourth-order valence-corrected chi connectivity index (χ4v) is 3.86. The summed E-state index contributed by atoms with van der Waals surface area (Å²) >= 11 is 0. The maximum absolute atomic E-state index is 13.2. The average Bonchev–Trinajstić information content (AvgIpc) is 2.59. The van der Waals surface area contributed by atoms with E-state index in [1.807, 2.05) is 0 Å². The zero-order valence-corrected chi connectivity index (χ0v) is 15.8. The molecule has 2 aromatic rings. The number of sulfonamides is 1. The van der Waals surface area contributed by atoms with E-state index < -0.39 is 39.5 Å². The maximum Gasteiger partial charge on any atom is 0.416 e. The van der Waals surface area contributed by atoms with Gasteiger partial charge in [0.05, 0.1) is 17.5 Å². The van der Waals surface area contributed by atoms with Crippen molar-refractivity contribution >= 4 is 27.3 Å². The highest BCUT2D eigenvalue weighted by Crippen LogP contribution is 2.31. The Bertz CT molecular complexity index is 944. The van der Waals surface area contributed by atoms with Gasteiger partial charge < -0.3 is 5.32 Å². The third-order valence-electron chi connectivity index (χ3n) is 3.87. The molecule has 0 bridgehead atoms. The van der Waals surface area contributed by atoms with E-state index in [4.69, 9.17) is 0 Å². The molecule has 2 aromatic carbocycles. The minimum Gasteiger partial charge on any atom is -0.324 e. The third kappa shape index (κ3) is 5.22. The maximum atomic E-state index is 13.2. The predicted molar refractivity (Wildman–Crippen MR) is 97.9 cm³/mol. The molecule has 0 aliphatic rings. The van der Waals surface area contributed by atoms with Gasteiger partial charge in [-0.2, -0.15) is 13.2 Å². The number of hydrogen-bond acceptors (Lipinski definition) is 3. The molecule has 0 heterocycles. The fraction of sp³-hybridized carbons (Fsp3) is 0.278. The summed E-state index contributed by atoms with van der Waals surface area (Å²) in [5.41, 5.74) is -1.00.